The molecule has 1 aromatic heterocycles. The maximum absolute atomic E-state index is 13.5. The fraction of sp³-hybridized carbons (Fsp3) is 0.320. The highest BCUT2D eigenvalue weighted by molar-refractivity contribution is 7.09. The zero-order valence-electron chi connectivity index (χ0n) is 17.0. The Bertz CT molecular complexity index is 898. The number of carbonyl (C=O) groups excluding carboxylic acids is 1. The summed E-state index contributed by atoms with van der Waals surface area (Å²) < 4.78 is 0. The Morgan fingerprint density at radius 1 is 1.00 bits per heavy atom. The zero-order valence-corrected chi connectivity index (χ0v) is 17.8. The predicted octanol–water partition coefficient (Wildman–Crippen LogP) is 5.62. The van der Waals surface area contributed by atoms with Gasteiger partial charge in [-0.3, -0.25) is 9.69 Å². The van der Waals surface area contributed by atoms with Crippen molar-refractivity contribution in [1.29, 1.82) is 0 Å². The number of likely N-dealkylation sites (tertiary alicyclic amines) is 1. The first-order valence-corrected chi connectivity index (χ1v) is 11.3. The van der Waals surface area contributed by atoms with Crippen molar-refractivity contribution < 1.29 is 4.79 Å². The van der Waals surface area contributed by atoms with E-state index in [1.165, 1.54) is 10.4 Å². The number of amides is 1. The van der Waals surface area contributed by atoms with Gasteiger partial charge < -0.3 is 4.90 Å². The van der Waals surface area contributed by atoms with Crippen LogP contribution in [0.1, 0.15) is 40.6 Å². The number of anilines is 1. The number of hydrogen-bond donors (Lipinski definition) is 0. The molecule has 0 atom stereocenters. The van der Waals surface area contributed by atoms with Gasteiger partial charge >= 0.3 is 0 Å². The largest absolute Gasteiger partial charge is 0.305 e. The minimum Gasteiger partial charge on any atom is -0.305 e. The smallest absolute Gasteiger partial charge is 0.258 e. The van der Waals surface area contributed by atoms with Crippen LogP contribution in [-0.4, -0.2) is 29.9 Å². The van der Waals surface area contributed by atoms with E-state index < -0.39 is 0 Å². The van der Waals surface area contributed by atoms with Gasteiger partial charge in [0.15, 0.2) is 0 Å². The molecule has 0 N–H and O–H groups in total. The average molecular weight is 405 g/mol. The Kier molecular flexibility index (Phi) is 6.43. The van der Waals surface area contributed by atoms with Gasteiger partial charge in [-0.25, -0.2) is 0 Å². The third-order valence-corrected chi connectivity index (χ3v) is 6.61. The molecule has 3 aromatic rings. The Hall–Kier alpha value is -2.43. The lowest BCUT2D eigenvalue weighted by Gasteiger charge is -2.38. The minimum atomic E-state index is 0.103. The highest BCUT2D eigenvalue weighted by atomic mass is 32.1. The summed E-state index contributed by atoms with van der Waals surface area (Å²) in [7, 11) is 0. The van der Waals surface area contributed by atoms with Crippen molar-refractivity contribution in [2.45, 2.75) is 38.8 Å². The molecule has 4 rings (SSSR count). The van der Waals surface area contributed by atoms with E-state index in [1.807, 2.05) is 46.6 Å². The molecular formula is C25H28N2OS. The van der Waals surface area contributed by atoms with Gasteiger partial charge in [0.2, 0.25) is 0 Å². The van der Waals surface area contributed by atoms with Crippen LogP contribution in [-0.2, 0) is 13.0 Å². The van der Waals surface area contributed by atoms with Crippen molar-refractivity contribution in [3.8, 4) is 0 Å². The summed E-state index contributed by atoms with van der Waals surface area (Å²) in [6, 6.07) is 22.7. The van der Waals surface area contributed by atoms with E-state index in [1.54, 1.807) is 0 Å². The van der Waals surface area contributed by atoms with E-state index >= 15 is 0 Å². The molecule has 1 amide bonds. The predicted molar refractivity (Wildman–Crippen MR) is 122 cm³/mol. The van der Waals surface area contributed by atoms with E-state index in [2.05, 4.69) is 53.6 Å². The van der Waals surface area contributed by atoms with Crippen molar-refractivity contribution in [3.63, 3.8) is 0 Å². The van der Waals surface area contributed by atoms with Gasteiger partial charge in [0, 0.05) is 41.8 Å². The first-order valence-electron chi connectivity index (χ1n) is 10.5. The van der Waals surface area contributed by atoms with Crippen molar-refractivity contribution in [2.75, 3.05) is 18.0 Å². The normalized spacial score (nSPS) is 15.3. The number of aryl methyl sites for hydroxylation is 1. The molecule has 1 fully saturated rings. The molecule has 0 radical (unpaired) electrons. The summed E-state index contributed by atoms with van der Waals surface area (Å²) in [5, 5.41) is 2.14. The lowest BCUT2D eigenvalue weighted by Crippen LogP contribution is -2.47. The first-order chi connectivity index (χ1) is 14.2. The monoisotopic (exact) mass is 404 g/mol. The summed E-state index contributed by atoms with van der Waals surface area (Å²) in [4.78, 5) is 19.4. The molecule has 1 aliphatic heterocycles. The highest BCUT2D eigenvalue weighted by Crippen LogP contribution is 2.27. The quantitative estimate of drug-likeness (QED) is 0.532. The molecular weight excluding hydrogens is 376 g/mol. The summed E-state index contributed by atoms with van der Waals surface area (Å²) in [5.74, 6) is 0.103. The van der Waals surface area contributed by atoms with Crippen LogP contribution in [0.25, 0.3) is 0 Å². The van der Waals surface area contributed by atoms with Crippen LogP contribution in [0.3, 0.4) is 0 Å². The number of carbonyl (C=O) groups is 1. The molecule has 1 saturated heterocycles. The molecule has 0 unspecified atom stereocenters. The number of nitrogens with zero attached hydrogens (tertiary/aromatic N) is 2. The molecule has 150 valence electrons. The number of rotatable bonds is 6. The highest BCUT2D eigenvalue weighted by Gasteiger charge is 2.30. The Morgan fingerprint density at radius 3 is 2.34 bits per heavy atom. The second-order valence-corrected chi connectivity index (χ2v) is 8.68. The van der Waals surface area contributed by atoms with Crippen LogP contribution in [0.2, 0.25) is 0 Å². The van der Waals surface area contributed by atoms with Gasteiger partial charge in [-0.2, -0.15) is 0 Å². The Labute approximate surface area is 177 Å². The molecule has 2 aromatic carbocycles. The van der Waals surface area contributed by atoms with Crippen molar-refractivity contribution in [2.24, 2.45) is 0 Å². The van der Waals surface area contributed by atoms with Crippen LogP contribution < -0.4 is 4.90 Å². The van der Waals surface area contributed by atoms with Gasteiger partial charge in [-0.1, -0.05) is 43.3 Å². The SMILES string of the molecule is CCc1ccc(N(C(=O)c2ccccc2)C2CCN(Cc3cccs3)CC2)cc1. The van der Waals surface area contributed by atoms with Crippen molar-refractivity contribution >= 4 is 22.9 Å². The number of thiophene rings is 1. The summed E-state index contributed by atoms with van der Waals surface area (Å²) >= 11 is 1.82. The van der Waals surface area contributed by atoms with Gasteiger partial charge in [0.1, 0.15) is 0 Å². The first kappa shape index (κ1) is 19.9. The van der Waals surface area contributed by atoms with Crippen molar-refractivity contribution in [1.82, 2.24) is 4.90 Å². The average Bonchev–Trinajstić information content (AvgIpc) is 3.29. The van der Waals surface area contributed by atoms with Crippen LogP contribution in [0.15, 0.2) is 72.1 Å². The van der Waals surface area contributed by atoms with Gasteiger partial charge in [-0.15, -0.1) is 11.3 Å². The Balaban J connectivity index is 1.53. The molecule has 0 saturated carbocycles. The molecule has 1 aliphatic rings. The van der Waals surface area contributed by atoms with Gasteiger partial charge in [0.25, 0.3) is 5.91 Å². The van der Waals surface area contributed by atoms with E-state index in [-0.39, 0.29) is 11.9 Å². The second-order valence-electron chi connectivity index (χ2n) is 7.65. The van der Waals surface area contributed by atoms with Crippen LogP contribution in [0, 0.1) is 0 Å². The standard InChI is InChI=1S/C25H28N2OS/c1-2-20-10-12-22(13-11-20)27(25(28)21-7-4-3-5-8-21)23-14-16-26(17-15-23)19-24-9-6-18-29-24/h3-13,18,23H,2,14-17,19H2,1H3. The second kappa shape index (κ2) is 9.38. The van der Waals surface area contributed by atoms with E-state index in [0.29, 0.717) is 0 Å². The lowest BCUT2D eigenvalue weighted by molar-refractivity contribution is 0.0959. The molecule has 0 bridgehead atoms. The fourth-order valence-corrected chi connectivity index (χ4v) is 4.81. The maximum Gasteiger partial charge on any atom is 0.258 e. The van der Waals surface area contributed by atoms with Crippen LogP contribution in [0.4, 0.5) is 5.69 Å². The van der Waals surface area contributed by atoms with Crippen molar-refractivity contribution in [3.05, 3.63) is 88.1 Å². The van der Waals surface area contributed by atoms with Gasteiger partial charge in [0.05, 0.1) is 0 Å². The summed E-state index contributed by atoms with van der Waals surface area (Å²) in [5.41, 5.74) is 3.06. The zero-order chi connectivity index (χ0) is 20.1. The van der Waals surface area contributed by atoms with E-state index in [9.17, 15) is 4.79 Å². The molecule has 0 spiro atoms. The lowest BCUT2D eigenvalue weighted by atomic mass is 10.00. The topological polar surface area (TPSA) is 23.6 Å². The summed E-state index contributed by atoms with van der Waals surface area (Å²) in [6.45, 7) is 5.22. The van der Waals surface area contributed by atoms with E-state index in [0.717, 1.165) is 50.1 Å². The molecule has 0 aliphatic carbocycles. The van der Waals surface area contributed by atoms with Gasteiger partial charge in [-0.05, 0) is 60.5 Å². The maximum atomic E-state index is 13.5. The molecule has 2 heterocycles. The number of hydrogen-bond acceptors (Lipinski definition) is 3. The number of benzene rings is 2. The molecule has 3 nitrogen and oxygen atoms in total. The van der Waals surface area contributed by atoms with Crippen LogP contribution >= 0.6 is 11.3 Å². The Morgan fingerprint density at radius 2 is 1.72 bits per heavy atom. The molecule has 4 heteroatoms. The summed E-state index contributed by atoms with van der Waals surface area (Å²) in [6.07, 6.45) is 3.01. The van der Waals surface area contributed by atoms with E-state index in [4.69, 9.17) is 0 Å². The minimum absolute atomic E-state index is 0.103. The third kappa shape index (κ3) is 4.77. The molecule has 29 heavy (non-hydrogen) atoms. The number of piperidine rings is 1. The van der Waals surface area contributed by atoms with Crippen LogP contribution in [0.5, 0.6) is 0 Å². The third-order valence-electron chi connectivity index (χ3n) is 5.74. The fourth-order valence-electron chi connectivity index (χ4n) is 4.06.